The Hall–Kier alpha value is -1.12. The lowest BCUT2D eigenvalue weighted by atomic mass is 10.0. The van der Waals surface area contributed by atoms with Crippen LogP contribution in [0.3, 0.4) is 0 Å². The number of benzene rings is 1. The molecule has 1 rings (SSSR count). The first-order valence-electron chi connectivity index (χ1n) is 4.65. The summed E-state index contributed by atoms with van der Waals surface area (Å²) in [5.41, 5.74) is 0.544. The van der Waals surface area contributed by atoms with Crippen LogP contribution in [0.25, 0.3) is 0 Å². The standard InChI is InChI=1S/C9H12O2.C3H6/c1-2-9(10,11)8-6-4-3-5-7-8;1-3-2/h3-7,10-11H,2H2,1H3;3H,1H2,2H3. The molecule has 0 saturated carbocycles. The van der Waals surface area contributed by atoms with Crippen LogP contribution in [0.1, 0.15) is 25.8 Å². The Morgan fingerprint density at radius 3 is 2.07 bits per heavy atom. The highest BCUT2D eigenvalue weighted by Gasteiger charge is 2.21. The van der Waals surface area contributed by atoms with E-state index >= 15 is 0 Å². The quantitative estimate of drug-likeness (QED) is 0.560. The molecule has 2 N–H and O–H groups in total. The number of hydrogen-bond acceptors (Lipinski definition) is 2. The lowest BCUT2D eigenvalue weighted by molar-refractivity contribution is -0.171. The fraction of sp³-hybridized carbons (Fsp3) is 0.333. The second kappa shape index (κ2) is 6.35. The molecule has 0 aromatic heterocycles. The average molecular weight is 194 g/mol. The van der Waals surface area contributed by atoms with Crippen molar-refractivity contribution in [1.82, 2.24) is 0 Å². The van der Waals surface area contributed by atoms with E-state index in [1.807, 2.05) is 13.0 Å². The minimum atomic E-state index is -1.67. The molecule has 1 aromatic rings. The molecular formula is C12H18O2. The highest BCUT2D eigenvalue weighted by Crippen LogP contribution is 2.20. The van der Waals surface area contributed by atoms with Gasteiger partial charge >= 0.3 is 0 Å². The zero-order valence-electron chi connectivity index (χ0n) is 8.77. The molecule has 0 spiro atoms. The lowest BCUT2D eigenvalue weighted by Crippen LogP contribution is -2.23. The van der Waals surface area contributed by atoms with Crippen LogP contribution in [-0.4, -0.2) is 10.2 Å². The van der Waals surface area contributed by atoms with Gasteiger partial charge in [0.05, 0.1) is 0 Å². The molecule has 0 radical (unpaired) electrons. The van der Waals surface area contributed by atoms with Crippen LogP contribution in [0.4, 0.5) is 0 Å². The van der Waals surface area contributed by atoms with Gasteiger partial charge in [0.1, 0.15) is 0 Å². The Morgan fingerprint density at radius 2 is 1.71 bits per heavy atom. The zero-order valence-corrected chi connectivity index (χ0v) is 8.77. The van der Waals surface area contributed by atoms with Gasteiger partial charge in [0, 0.05) is 12.0 Å². The van der Waals surface area contributed by atoms with Gasteiger partial charge in [0.15, 0.2) is 5.79 Å². The van der Waals surface area contributed by atoms with E-state index in [1.54, 1.807) is 37.3 Å². The monoisotopic (exact) mass is 194 g/mol. The minimum Gasteiger partial charge on any atom is -0.362 e. The highest BCUT2D eigenvalue weighted by atomic mass is 16.5. The van der Waals surface area contributed by atoms with Gasteiger partial charge in [-0.3, -0.25) is 0 Å². The maximum Gasteiger partial charge on any atom is 0.189 e. The largest absolute Gasteiger partial charge is 0.362 e. The third-order valence-electron chi connectivity index (χ3n) is 1.73. The predicted molar refractivity (Wildman–Crippen MR) is 58.7 cm³/mol. The number of rotatable bonds is 2. The van der Waals surface area contributed by atoms with Gasteiger partial charge in [0.2, 0.25) is 0 Å². The molecule has 0 aliphatic heterocycles. The molecule has 78 valence electrons. The van der Waals surface area contributed by atoms with Gasteiger partial charge in [-0.05, 0) is 6.92 Å². The summed E-state index contributed by atoms with van der Waals surface area (Å²) in [7, 11) is 0. The first-order valence-corrected chi connectivity index (χ1v) is 4.65. The molecule has 2 nitrogen and oxygen atoms in total. The molecule has 0 amide bonds. The summed E-state index contributed by atoms with van der Waals surface area (Å²) < 4.78 is 0. The molecular weight excluding hydrogens is 176 g/mol. The summed E-state index contributed by atoms with van der Waals surface area (Å²) >= 11 is 0. The van der Waals surface area contributed by atoms with E-state index < -0.39 is 5.79 Å². The van der Waals surface area contributed by atoms with Crippen LogP contribution in [-0.2, 0) is 5.79 Å². The summed E-state index contributed by atoms with van der Waals surface area (Å²) in [5, 5.41) is 18.7. The van der Waals surface area contributed by atoms with Crippen molar-refractivity contribution in [3.8, 4) is 0 Å². The molecule has 0 bridgehead atoms. The van der Waals surface area contributed by atoms with Crippen LogP contribution >= 0.6 is 0 Å². The number of hydrogen-bond donors (Lipinski definition) is 2. The van der Waals surface area contributed by atoms with Crippen molar-refractivity contribution in [1.29, 1.82) is 0 Å². The minimum absolute atomic E-state index is 0.303. The first-order chi connectivity index (χ1) is 6.58. The van der Waals surface area contributed by atoms with Crippen molar-refractivity contribution in [2.75, 3.05) is 0 Å². The lowest BCUT2D eigenvalue weighted by Gasteiger charge is -2.19. The predicted octanol–water partition coefficient (Wildman–Crippen LogP) is 2.43. The molecule has 14 heavy (non-hydrogen) atoms. The third-order valence-corrected chi connectivity index (χ3v) is 1.73. The van der Waals surface area contributed by atoms with E-state index in [9.17, 15) is 10.2 Å². The topological polar surface area (TPSA) is 40.5 Å². The highest BCUT2D eigenvalue weighted by molar-refractivity contribution is 5.19. The van der Waals surface area contributed by atoms with Gasteiger partial charge in [0.25, 0.3) is 0 Å². The van der Waals surface area contributed by atoms with Gasteiger partial charge in [-0.2, -0.15) is 0 Å². The number of allylic oxidation sites excluding steroid dienone is 1. The molecule has 0 saturated heterocycles. The van der Waals surface area contributed by atoms with Crippen LogP contribution in [0, 0.1) is 0 Å². The second-order valence-corrected chi connectivity index (χ2v) is 2.94. The average Bonchev–Trinajstić information content (AvgIpc) is 2.20. The molecule has 0 fully saturated rings. The van der Waals surface area contributed by atoms with Crippen molar-refractivity contribution in [2.24, 2.45) is 0 Å². The Balaban J connectivity index is 0.000000500. The van der Waals surface area contributed by atoms with Gasteiger partial charge in [-0.1, -0.05) is 43.3 Å². The molecule has 0 atom stereocenters. The Bertz CT molecular complexity index is 252. The Morgan fingerprint density at radius 1 is 1.29 bits per heavy atom. The molecule has 0 aliphatic rings. The van der Waals surface area contributed by atoms with Crippen LogP contribution in [0.5, 0.6) is 0 Å². The molecule has 2 heteroatoms. The molecule has 1 aromatic carbocycles. The van der Waals surface area contributed by atoms with E-state index in [4.69, 9.17) is 0 Å². The summed E-state index contributed by atoms with van der Waals surface area (Å²) in [5.74, 6) is -1.67. The molecule has 0 unspecified atom stereocenters. The SMILES string of the molecule is C=CC.CCC(O)(O)c1ccccc1. The van der Waals surface area contributed by atoms with Gasteiger partial charge < -0.3 is 10.2 Å². The second-order valence-electron chi connectivity index (χ2n) is 2.94. The first kappa shape index (κ1) is 12.9. The number of aliphatic hydroxyl groups is 2. The normalized spacial score (nSPS) is 10.0. The fourth-order valence-electron chi connectivity index (χ4n) is 0.909. The zero-order chi connectivity index (χ0) is 11.0. The Kier molecular flexibility index (Phi) is 5.84. The van der Waals surface area contributed by atoms with Gasteiger partial charge in [-0.25, -0.2) is 0 Å². The smallest absolute Gasteiger partial charge is 0.189 e. The van der Waals surface area contributed by atoms with Crippen molar-refractivity contribution < 1.29 is 10.2 Å². The van der Waals surface area contributed by atoms with Crippen molar-refractivity contribution in [3.05, 3.63) is 48.6 Å². The van der Waals surface area contributed by atoms with Crippen molar-refractivity contribution >= 4 is 0 Å². The summed E-state index contributed by atoms with van der Waals surface area (Å²) in [6, 6.07) is 8.81. The fourth-order valence-corrected chi connectivity index (χ4v) is 0.909. The molecule has 0 aliphatic carbocycles. The van der Waals surface area contributed by atoms with Crippen molar-refractivity contribution in [2.45, 2.75) is 26.1 Å². The summed E-state index contributed by atoms with van der Waals surface area (Å²) in [4.78, 5) is 0. The third kappa shape index (κ3) is 4.21. The van der Waals surface area contributed by atoms with Crippen molar-refractivity contribution in [3.63, 3.8) is 0 Å². The van der Waals surface area contributed by atoms with Crippen LogP contribution in [0.15, 0.2) is 43.0 Å². The maximum atomic E-state index is 9.35. The Labute approximate surface area is 85.5 Å². The van der Waals surface area contributed by atoms with Crippen LogP contribution < -0.4 is 0 Å². The maximum absolute atomic E-state index is 9.35. The van der Waals surface area contributed by atoms with E-state index in [1.165, 1.54) is 0 Å². The van der Waals surface area contributed by atoms with Gasteiger partial charge in [-0.15, -0.1) is 6.58 Å². The van der Waals surface area contributed by atoms with E-state index in [2.05, 4.69) is 6.58 Å². The summed E-state index contributed by atoms with van der Waals surface area (Å²) in [6.45, 7) is 6.98. The van der Waals surface area contributed by atoms with E-state index in [0.29, 0.717) is 12.0 Å². The van der Waals surface area contributed by atoms with E-state index in [-0.39, 0.29) is 0 Å². The molecule has 0 heterocycles. The van der Waals surface area contributed by atoms with E-state index in [0.717, 1.165) is 0 Å². The van der Waals surface area contributed by atoms with Crippen LogP contribution in [0.2, 0.25) is 0 Å². The summed E-state index contributed by atoms with van der Waals surface area (Å²) in [6.07, 6.45) is 2.05.